The largest absolute Gasteiger partial charge is 0.286 e. The Kier molecular flexibility index (Phi) is 3.51. The molecule has 0 saturated carbocycles. The van der Waals surface area contributed by atoms with E-state index in [0.29, 0.717) is 0 Å². The number of aromatic amines is 1. The Morgan fingerprint density at radius 3 is 1.82 bits per heavy atom. The number of rotatable bonds is 0. The molecule has 2 rings (SSSR count). The van der Waals surface area contributed by atoms with Crippen LogP contribution in [0.25, 0.3) is 0 Å². The maximum Gasteiger partial charge on any atom is 0.0487 e. The van der Waals surface area contributed by atoms with E-state index in [1.807, 2.05) is 24.3 Å². The summed E-state index contributed by atoms with van der Waals surface area (Å²) in [6.07, 6.45) is 6.96. The lowest BCUT2D eigenvalue weighted by atomic mass is 10.5. The van der Waals surface area contributed by atoms with E-state index in [1.54, 1.807) is 24.8 Å². The highest BCUT2D eigenvalue weighted by molar-refractivity contribution is 4.88. The molecule has 0 aliphatic carbocycles. The molecule has 56 valence electrons. The topological polar surface area (TPSA) is 41.6 Å². The van der Waals surface area contributed by atoms with Crippen molar-refractivity contribution in [1.29, 1.82) is 0 Å². The summed E-state index contributed by atoms with van der Waals surface area (Å²) >= 11 is 0. The molecule has 2 aromatic heterocycles. The van der Waals surface area contributed by atoms with Gasteiger partial charge in [0.1, 0.15) is 0 Å². The van der Waals surface area contributed by atoms with E-state index in [4.69, 9.17) is 0 Å². The Labute approximate surface area is 65.1 Å². The van der Waals surface area contributed by atoms with Crippen LogP contribution in [0.1, 0.15) is 0 Å². The lowest BCUT2D eigenvalue weighted by Crippen LogP contribution is -1.58. The zero-order chi connectivity index (χ0) is 7.78. The Morgan fingerprint density at radius 1 is 0.818 bits per heavy atom. The highest BCUT2D eigenvalue weighted by Gasteiger charge is 1.58. The van der Waals surface area contributed by atoms with Gasteiger partial charge in [-0.25, -0.2) is 0 Å². The van der Waals surface area contributed by atoms with Gasteiger partial charge >= 0.3 is 0 Å². The van der Waals surface area contributed by atoms with Crippen molar-refractivity contribution in [2.75, 3.05) is 0 Å². The molecule has 0 aromatic carbocycles. The van der Waals surface area contributed by atoms with Crippen LogP contribution < -0.4 is 0 Å². The van der Waals surface area contributed by atoms with Crippen molar-refractivity contribution in [2.24, 2.45) is 0 Å². The molecule has 0 bridgehead atoms. The van der Waals surface area contributed by atoms with E-state index in [-0.39, 0.29) is 0 Å². The summed E-state index contributed by atoms with van der Waals surface area (Å²) in [5.74, 6) is 0. The Hall–Kier alpha value is -1.64. The maximum atomic E-state index is 3.78. The SMILES string of the molecule is c1ccncc1.c1cn[nH]c1. The molecule has 2 heterocycles. The second-order valence-electron chi connectivity index (χ2n) is 1.79. The lowest BCUT2D eigenvalue weighted by Gasteiger charge is -1.70. The van der Waals surface area contributed by atoms with E-state index >= 15 is 0 Å². The van der Waals surface area contributed by atoms with E-state index in [2.05, 4.69) is 15.2 Å². The first-order valence-corrected chi connectivity index (χ1v) is 3.29. The van der Waals surface area contributed by atoms with Crippen LogP contribution in [0.5, 0.6) is 0 Å². The predicted octanol–water partition coefficient (Wildman–Crippen LogP) is 1.49. The summed E-state index contributed by atoms with van der Waals surface area (Å²) in [6.45, 7) is 0. The van der Waals surface area contributed by atoms with Gasteiger partial charge in [0.25, 0.3) is 0 Å². The standard InChI is InChI=1S/C5H5N.C3H4N2/c1-2-4-6-5-3-1;1-2-4-5-3-1/h1-5H;1-3H,(H,4,5). The van der Waals surface area contributed by atoms with E-state index in [0.717, 1.165) is 0 Å². The fourth-order valence-corrected chi connectivity index (χ4v) is 0.528. The third kappa shape index (κ3) is 3.86. The summed E-state index contributed by atoms with van der Waals surface area (Å²) in [7, 11) is 0. The summed E-state index contributed by atoms with van der Waals surface area (Å²) < 4.78 is 0. The molecule has 0 spiro atoms. The minimum absolute atomic E-state index is 1.69. The minimum atomic E-state index is 1.69. The fourth-order valence-electron chi connectivity index (χ4n) is 0.528. The third-order valence-corrected chi connectivity index (χ3v) is 0.972. The molecule has 0 saturated heterocycles. The summed E-state index contributed by atoms with van der Waals surface area (Å²) in [5, 5.41) is 6.21. The molecule has 0 radical (unpaired) electrons. The van der Waals surface area contributed by atoms with Gasteiger partial charge in [-0.15, -0.1) is 0 Å². The average Bonchev–Trinajstić information content (AvgIpc) is 2.64. The highest BCUT2D eigenvalue weighted by atomic mass is 15.1. The lowest BCUT2D eigenvalue weighted by molar-refractivity contribution is 1.09. The van der Waals surface area contributed by atoms with Crippen LogP contribution in [0.3, 0.4) is 0 Å². The molecule has 1 N–H and O–H groups in total. The number of hydrogen-bond acceptors (Lipinski definition) is 2. The second-order valence-corrected chi connectivity index (χ2v) is 1.79. The second kappa shape index (κ2) is 5.17. The Balaban J connectivity index is 0.000000112. The quantitative estimate of drug-likeness (QED) is 0.613. The molecule has 0 aliphatic rings. The number of nitrogens with one attached hydrogen (secondary N) is 1. The number of hydrogen-bond donors (Lipinski definition) is 1. The van der Waals surface area contributed by atoms with Crippen LogP contribution in [0.4, 0.5) is 0 Å². The van der Waals surface area contributed by atoms with Crippen molar-refractivity contribution < 1.29 is 0 Å². The van der Waals surface area contributed by atoms with E-state index in [1.165, 1.54) is 0 Å². The van der Waals surface area contributed by atoms with Crippen LogP contribution in [0, 0.1) is 0 Å². The van der Waals surface area contributed by atoms with Gasteiger partial charge in [0.15, 0.2) is 0 Å². The van der Waals surface area contributed by atoms with Crippen molar-refractivity contribution in [1.82, 2.24) is 15.2 Å². The van der Waals surface area contributed by atoms with E-state index in [9.17, 15) is 0 Å². The molecule has 3 heteroatoms. The molecule has 2 aromatic rings. The van der Waals surface area contributed by atoms with Gasteiger partial charge in [-0.3, -0.25) is 10.1 Å². The van der Waals surface area contributed by atoms with E-state index < -0.39 is 0 Å². The number of pyridine rings is 1. The molecule has 0 atom stereocenters. The van der Waals surface area contributed by atoms with Crippen LogP contribution in [0.2, 0.25) is 0 Å². The third-order valence-electron chi connectivity index (χ3n) is 0.972. The number of aromatic nitrogens is 3. The Morgan fingerprint density at radius 2 is 1.64 bits per heavy atom. The van der Waals surface area contributed by atoms with Crippen LogP contribution in [-0.4, -0.2) is 15.2 Å². The van der Waals surface area contributed by atoms with Crippen molar-refractivity contribution >= 4 is 0 Å². The monoisotopic (exact) mass is 147 g/mol. The van der Waals surface area contributed by atoms with Crippen molar-refractivity contribution in [3.63, 3.8) is 0 Å². The summed E-state index contributed by atoms with van der Waals surface area (Å²) in [4.78, 5) is 3.78. The summed E-state index contributed by atoms with van der Waals surface area (Å²) in [5.41, 5.74) is 0. The zero-order valence-electron chi connectivity index (χ0n) is 6.01. The molecule has 0 amide bonds. The van der Waals surface area contributed by atoms with Crippen molar-refractivity contribution in [2.45, 2.75) is 0 Å². The van der Waals surface area contributed by atoms with Crippen LogP contribution in [0.15, 0.2) is 49.1 Å². The highest BCUT2D eigenvalue weighted by Crippen LogP contribution is 1.73. The van der Waals surface area contributed by atoms with Gasteiger partial charge in [0.05, 0.1) is 0 Å². The zero-order valence-corrected chi connectivity index (χ0v) is 6.01. The first kappa shape index (κ1) is 7.47. The summed E-state index contributed by atoms with van der Waals surface area (Å²) in [6, 6.07) is 7.55. The van der Waals surface area contributed by atoms with Crippen molar-refractivity contribution in [3.8, 4) is 0 Å². The smallest absolute Gasteiger partial charge is 0.0487 e. The van der Waals surface area contributed by atoms with Gasteiger partial charge in [-0.2, -0.15) is 5.10 Å². The van der Waals surface area contributed by atoms with Crippen molar-refractivity contribution in [3.05, 3.63) is 49.1 Å². The molecular formula is C8H9N3. The fraction of sp³-hybridized carbons (Fsp3) is 0. The molecule has 0 aliphatic heterocycles. The van der Waals surface area contributed by atoms with Crippen LogP contribution >= 0.6 is 0 Å². The molecule has 11 heavy (non-hydrogen) atoms. The van der Waals surface area contributed by atoms with Gasteiger partial charge in [-0.1, -0.05) is 6.07 Å². The normalized spacial score (nSPS) is 8.00. The first-order valence-electron chi connectivity index (χ1n) is 3.29. The average molecular weight is 147 g/mol. The van der Waals surface area contributed by atoms with Gasteiger partial charge in [0, 0.05) is 24.8 Å². The van der Waals surface area contributed by atoms with Gasteiger partial charge in [0.2, 0.25) is 0 Å². The van der Waals surface area contributed by atoms with Gasteiger partial charge in [-0.05, 0) is 18.2 Å². The maximum absolute atomic E-state index is 3.78. The molecule has 0 unspecified atom stereocenters. The number of H-pyrrole nitrogens is 1. The predicted molar refractivity (Wildman–Crippen MR) is 42.8 cm³/mol. The first-order chi connectivity index (χ1) is 5.50. The molecule has 3 nitrogen and oxygen atoms in total. The van der Waals surface area contributed by atoms with Gasteiger partial charge < -0.3 is 0 Å². The number of nitrogens with zero attached hydrogens (tertiary/aromatic N) is 2. The molecule has 0 fully saturated rings. The minimum Gasteiger partial charge on any atom is -0.286 e. The van der Waals surface area contributed by atoms with Crippen LogP contribution in [-0.2, 0) is 0 Å². The molecular weight excluding hydrogens is 138 g/mol. The Bertz CT molecular complexity index is 195.